The van der Waals surface area contributed by atoms with Crippen LogP contribution < -0.4 is 5.32 Å². The molecule has 1 nitrogen and oxygen atoms in total. The van der Waals surface area contributed by atoms with Crippen molar-refractivity contribution in [3.05, 3.63) is 24.9 Å². The van der Waals surface area contributed by atoms with Gasteiger partial charge in [-0.2, -0.15) is 0 Å². The van der Waals surface area contributed by atoms with E-state index in [1.54, 1.807) is 0 Å². The molecule has 0 aromatic rings. The lowest BCUT2D eigenvalue weighted by Gasteiger charge is -2.16. The van der Waals surface area contributed by atoms with Gasteiger partial charge in [-0.15, -0.1) is 6.58 Å². The Labute approximate surface area is 76.6 Å². The van der Waals surface area contributed by atoms with Crippen molar-refractivity contribution in [2.75, 3.05) is 7.05 Å². The monoisotopic (exact) mass is 167 g/mol. The number of hydrogen-bond acceptors (Lipinski definition) is 1. The minimum Gasteiger partial charge on any atom is -0.392 e. The maximum atomic E-state index is 3.89. The van der Waals surface area contributed by atoms with Crippen LogP contribution in [-0.4, -0.2) is 7.05 Å². The minimum atomic E-state index is 0.620. The maximum absolute atomic E-state index is 3.89. The van der Waals surface area contributed by atoms with Crippen LogP contribution in [0.4, 0.5) is 0 Å². The molecule has 1 unspecified atom stereocenters. The SMILES string of the molecule is C=CC(CCC(=C)NC)C(C)C. The van der Waals surface area contributed by atoms with Crippen LogP contribution in [-0.2, 0) is 0 Å². The molecule has 0 saturated heterocycles. The lowest BCUT2D eigenvalue weighted by atomic mass is 9.91. The third-order valence-corrected chi connectivity index (χ3v) is 2.29. The Kier molecular flexibility index (Phi) is 5.52. The molecule has 0 aliphatic rings. The molecular weight excluding hydrogens is 146 g/mol. The Morgan fingerprint density at radius 1 is 1.50 bits per heavy atom. The van der Waals surface area contributed by atoms with E-state index in [1.165, 1.54) is 0 Å². The average Bonchev–Trinajstić information content (AvgIpc) is 2.04. The molecule has 0 heterocycles. The Bertz CT molecular complexity index is 147. The van der Waals surface area contributed by atoms with Gasteiger partial charge in [-0.25, -0.2) is 0 Å². The van der Waals surface area contributed by atoms with E-state index in [1.807, 2.05) is 13.1 Å². The summed E-state index contributed by atoms with van der Waals surface area (Å²) in [6, 6.07) is 0. The zero-order valence-corrected chi connectivity index (χ0v) is 8.56. The molecule has 1 heteroatoms. The largest absolute Gasteiger partial charge is 0.392 e. The minimum absolute atomic E-state index is 0.620. The van der Waals surface area contributed by atoms with Gasteiger partial charge in [-0.1, -0.05) is 26.5 Å². The van der Waals surface area contributed by atoms with Gasteiger partial charge < -0.3 is 5.32 Å². The van der Waals surface area contributed by atoms with Crippen LogP contribution in [0.15, 0.2) is 24.9 Å². The van der Waals surface area contributed by atoms with Gasteiger partial charge in [-0.05, 0) is 24.7 Å². The van der Waals surface area contributed by atoms with Gasteiger partial charge in [0.25, 0.3) is 0 Å². The Hall–Kier alpha value is -0.720. The van der Waals surface area contributed by atoms with Crippen molar-refractivity contribution in [2.24, 2.45) is 11.8 Å². The molecule has 70 valence electrons. The zero-order chi connectivity index (χ0) is 9.56. The van der Waals surface area contributed by atoms with E-state index >= 15 is 0 Å². The van der Waals surface area contributed by atoms with Crippen molar-refractivity contribution in [3.63, 3.8) is 0 Å². The van der Waals surface area contributed by atoms with Gasteiger partial charge >= 0.3 is 0 Å². The molecule has 12 heavy (non-hydrogen) atoms. The molecule has 0 fully saturated rings. The van der Waals surface area contributed by atoms with Crippen molar-refractivity contribution < 1.29 is 0 Å². The molecule has 0 aromatic heterocycles. The number of hydrogen-bond donors (Lipinski definition) is 1. The van der Waals surface area contributed by atoms with E-state index in [-0.39, 0.29) is 0 Å². The second kappa shape index (κ2) is 5.87. The van der Waals surface area contributed by atoms with E-state index < -0.39 is 0 Å². The van der Waals surface area contributed by atoms with E-state index in [4.69, 9.17) is 0 Å². The van der Waals surface area contributed by atoms with Crippen LogP contribution in [0.25, 0.3) is 0 Å². The summed E-state index contributed by atoms with van der Waals surface area (Å²) in [5, 5.41) is 3.05. The number of nitrogens with one attached hydrogen (secondary N) is 1. The summed E-state index contributed by atoms with van der Waals surface area (Å²) in [6.07, 6.45) is 4.25. The normalized spacial score (nSPS) is 12.7. The fourth-order valence-electron chi connectivity index (χ4n) is 1.19. The van der Waals surface area contributed by atoms with Gasteiger partial charge in [0.15, 0.2) is 0 Å². The molecule has 0 spiro atoms. The van der Waals surface area contributed by atoms with Gasteiger partial charge in [0, 0.05) is 12.7 Å². The van der Waals surface area contributed by atoms with E-state index in [9.17, 15) is 0 Å². The van der Waals surface area contributed by atoms with E-state index in [0.29, 0.717) is 11.8 Å². The summed E-state index contributed by atoms with van der Waals surface area (Å²) in [6.45, 7) is 12.2. The number of allylic oxidation sites excluding steroid dienone is 2. The van der Waals surface area contributed by atoms with Crippen LogP contribution in [0.1, 0.15) is 26.7 Å². The standard InChI is InChI=1S/C11H21N/c1-6-11(9(2)3)8-7-10(4)12-5/h6,9,11-12H,1,4,7-8H2,2-3,5H3. The van der Waals surface area contributed by atoms with Crippen LogP contribution in [0, 0.1) is 11.8 Å². The first-order valence-electron chi connectivity index (χ1n) is 4.59. The van der Waals surface area contributed by atoms with Gasteiger partial charge in [-0.3, -0.25) is 0 Å². The van der Waals surface area contributed by atoms with Gasteiger partial charge in [0.05, 0.1) is 0 Å². The molecule has 0 aliphatic carbocycles. The molecular formula is C11H21N. The quantitative estimate of drug-likeness (QED) is 0.600. The van der Waals surface area contributed by atoms with Gasteiger partial charge in [0.1, 0.15) is 0 Å². The third kappa shape index (κ3) is 4.22. The first-order valence-corrected chi connectivity index (χ1v) is 4.59. The molecule has 0 radical (unpaired) electrons. The van der Waals surface area contributed by atoms with Crippen LogP contribution in [0.2, 0.25) is 0 Å². The summed E-state index contributed by atoms with van der Waals surface area (Å²) in [5.41, 5.74) is 1.11. The Balaban J connectivity index is 3.72. The van der Waals surface area contributed by atoms with E-state index in [2.05, 4.69) is 32.3 Å². The lowest BCUT2D eigenvalue weighted by Crippen LogP contribution is -2.09. The highest BCUT2D eigenvalue weighted by atomic mass is 14.8. The van der Waals surface area contributed by atoms with Crippen molar-refractivity contribution in [3.8, 4) is 0 Å². The second-order valence-corrected chi connectivity index (χ2v) is 3.54. The van der Waals surface area contributed by atoms with Gasteiger partial charge in [0.2, 0.25) is 0 Å². The second-order valence-electron chi connectivity index (χ2n) is 3.54. The van der Waals surface area contributed by atoms with Crippen molar-refractivity contribution in [2.45, 2.75) is 26.7 Å². The summed E-state index contributed by atoms with van der Waals surface area (Å²) in [4.78, 5) is 0. The Morgan fingerprint density at radius 3 is 2.42 bits per heavy atom. The lowest BCUT2D eigenvalue weighted by molar-refractivity contribution is 0.434. The first-order chi connectivity index (χ1) is 5.61. The van der Waals surface area contributed by atoms with Crippen LogP contribution in [0.3, 0.4) is 0 Å². The third-order valence-electron chi connectivity index (χ3n) is 2.29. The molecule has 0 amide bonds. The molecule has 0 rings (SSSR count). The molecule has 0 aromatic carbocycles. The fraction of sp³-hybridized carbons (Fsp3) is 0.636. The average molecular weight is 167 g/mol. The topological polar surface area (TPSA) is 12.0 Å². The first kappa shape index (κ1) is 11.3. The molecule has 1 N–H and O–H groups in total. The summed E-state index contributed by atoms with van der Waals surface area (Å²) in [7, 11) is 1.92. The summed E-state index contributed by atoms with van der Waals surface area (Å²) < 4.78 is 0. The smallest absolute Gasteiger partial charge is 0.00312 e. The van der Waals surface area contributed by atoms with Crippen molar-refractivity contribution >= 4 is 0 Å². The molecule has 1 atom stereocenters. The van der Waals surface area contributed by atoms with Crippen molar-refractivity contribution in [1.29, 1.82) is 0 Å². The molecule has 0 saturated carbocycles. The molecule has 0 aliphatic heterocycles. The summed E-state index contributed by atoms with van der Waals surface area (Å²) >= 11 is 0. The highest BCUT2D eigenvalue weighted by molar-refractivity contribution is 4.92. The summed E-state index contributed by atoms with van der Waals surface area (Å²) in [5.74, 6) is 1.31. The fourth-order valence-corrected chi connectivity index (χ4v) is 1.19. The maximum Gasteiger partial charge on any atom is 0.00312 e. The highest BCUT2D eigenvalue weighted by Crippen LogP contribution is 2.19. The van der Waals surface area contributed by atoms with Crippen molar-refractivity contribution in [1.82, 2.24) is 5.32 Å². The number of rotatable bonds is 6. The zero-order valence-electron chi connectivity index (χ0n) is 8.56. The predicted octanol–water partition coefficient (Wildman–Crippen LogP) is 2.96. The van der Waals surface area contributed by atoms with Crippen LogP contribution >= 0.6 is 0 Å². The highest BCUT2D eigenvalue weighted by Gasteiger charge is 2.08. The van der Waals surface area contributed by atoms with Crippen LogP contribution in [0.5, 0.6) is 0 Å². The van der Waals surface area contributed by atoms with E-state index in [0.717, 1.165) is 18.5 Å². The molecule has 0 bridgehead atoms. The Morgan fingerprint density at radius 2 is 2.08 bits per heavy atom. The predicted molar refractivity (Wildman–Crippen MR) is 56.0 cm³/mol.